The molecule has 1 aromatic rings. The molecular weight excluding hydrogens is 262 g/mol. The lowest BCUT2D eigenvalue weighted by molar-refractivity contribution is 0.0963. The number of carbonyl (C=O) groups excluding carboxylic acids is 1. The van der Waals surface area contributed by atoms with Crippen molar-refractivity contribution in [2.45, 2.75) is 44.6 Å². The van der Waals surface area contributed by atoms with Crippen LogP contribution in [0.15, 0.2) is 18.2 Å². The minimum Gasteiger partial charge on any atom is -0.397 e. The van der Waals surface area contributed by atoms with Crippen molar-refractivity contribution >= 4 is 17.3 Å². The maximum atomic E-state index is 11.7. The molecule has 0 bridgehead atoms. The van der Waals surface area contributed by atoms with Crippen molar-refractivity contribution in [2.24, 2.45) is 5.92 Å². The minimum absolute atomic E-state index is 0.0811. The lowest BCUT2D eigenvalue weighted by Crippen LogP contribution is -2.47. The SMILES string of the molecule is CNC(=O)c1ccc(N2CCC[C@H]3CCCC[C@H]32)c(N)c1. The second kappa shape index (κ2) is 5.96. The van der Waals surface area contributed by atoms with E-state index in [1.807, 2.05) is 12.1 Å². The molecule has 0 aromatic heterocycles. The summed E-state index contributed by atoms with van der Waals surface area (Å²) in [6, 6.07) is 6.36. The van der Waals surface area contributed by atoms with Crippen LogP contribution < -0.4 is 16.0 Å². The van der Waals surface area contributed by atoms with Gasteiger partial charge >= 0.3 is 0 Å². The number of nitrogens with zero attached hydrogens (tertiary/aromatic N) is 1. The van der Waals surface area contributed by atoms with E-state index in [1.54, 1.807) is 13.1 Å². The number of rotatable bonds is 2. The number of nitrogens with two attached hydrogens (primary N) is 1. The normalized spacial score (nSPS) is 25.3. The summed E-state index contributed by atoms with van der Waals surface area (Å²) in [5.41, 5.74) is 8.71. The molecule has 1 saturated heterocycles. The van der Waals surface area contributed by atoms with Gasteiger partial charge < -0.3 is 16.0 Å². The third kappa shape index (κ3) is 2.71. The van der Waals surface area contributed by atoms with Crippen LogP contribution in [-0.4, -0.2) is 25.5 Å². The van der Waals surface area contributed by atoms with Gasteiger partial charge in [-0.2, -0.15) is 0 Å². The number of amides is 1. The van der Waals surface area contributed by atoms with Gasteiger partial charge in [-0.05, 0) is 49.8 Å². The third-order valence-electron chi connectivity index (χ3n) is 5.07. The summed E-state index contributed by atoms with van der Waals surface area (Å²) in [7, 11) is 1.64. The monoisotopic (exact) mass is 287 g/mol. The van der Waals surface area contributed by atoms with Gasteiger partial charge in [0.25, 0.3) is 5.91 Å². The highest BCUT2D eigenvalue weighted by molar-refractivity contribution is 5.96. The number of fused-ring (bicyclic) bond motifs is 1. The molecule has 2 aliphatic rings. The molecule has 2 atom stereocenters. The Bertz CT molecular complexity index is 527. The molecule has 4 heteroatoms. The van der Waals surface area contributed by atoms with Gasteiger partial charge in [0.05, 0.1) is 11.4 Å². The van der Waals surface area contributed by atoms with Gasteiger partial charge in [0, 0.05) is 25.2 Å². The highest BCUT2D eigenvalue weighted by Gasteiger charge is 2.33. The summed E-state index contributed by atoms with van der Waals surface area (Å²) in [5, 5.41) is 2.64. The zero-order valence-electron chi connectivity index (χ0n) is 12.8. The molecule has 0 radical (unpaired) electrons. The molecular formula is C17H25N3O. The second-order valence-corrected chi connectivity index (χ2v) is 6.30. The second-order valence-electron chi connectivity index (χ2n) is 6.30. The number of piperidine rings is 1. The van der Waals surface area contributed by atoms with Crippen LogP contribution >= 0.6 is 0 Å². The highest BCUT2D eigenvalue weighted by atomic mass is 16.1. The number of hydrogen-bond donors (Lipinski definition) is 2. The molecule has 1 amide bonds. The number of anilines is 2. The lowest BCUT2D eigenvalue weighted by atomic mass is 9.78. The number of hydrogen-bond acceptors (Lipinski definition) is 3. The van der Waals surface area contributed by atoms with E-state index in [0.29, 0.717) is 11.6 Å². The Morgan fingerprint density at radius 2 is 2.00 bits per heavy atom. The van der Waals surface area contributed by atoms with Crippen LogP contribution in [0.3, 0.4) is 0 Å². The van der Waals surface area contributed by atoms with Gasteiger partial charge in [0.15, 0.2) is 0 Å². The molecule has 2 fully saturated rings. The molecule has 3 rings (SSSR count). The van der Waals surface area contributed by atoms with Gasteiger partial charge in [0.2, 0.25) is 0 Å². The number of nitrogen functional groups attached to an aromatic ring is 1. The Morgan fingerprint density at radius 1 is 1.24 bits per heavy atom. The van der Waals surface area contributed by atoms with Crippen LogP contribution in [0.1, 0.15) is 48.9 Å². The van der Waals surface area contributed by atoms with E-state index < -0.39 is 0 Å². The van der Waals surface area contributed by atoms with Gasteiger partial charge in [-0.3, -0.25) is 4.79 Å². The van der Waals surface area contributed by atoms with E-state index in [9.17, 15) is 4.79 Å². The zero-order valence-corrected chi connectivity index (χ0v) is 12.8. The largest absolute Gasteiger partial charge is 0.397 e. The summed E-state index contributed by atoms with van der Waals surface area (Å²) in [4.78, 5) is 14.2. The molecule has 1 heterocycles. The molecule has 4 nitrogen and oxygen atoms in total. The van der Waals surface area contributed by atoms with Crippen molar-refractivity contribution < 1.29 is 4.79 Å². The molecule has 1 saturated carbocycles. The number of nitrogens with one attached hydrogen (secondary N) is 1. The summed E-state index contributed by atoms with van der Waals surface area (Å²) in [5.74, 6) is 0.743. The van der Waals surface area contributed by atoms with Crippen LogP contribution in [0.25, 0.3) is 0 Å². The fourth-order valence-corrected chi connectivity index (χ4v) is 4.03. The maximum absolute atomic E-state index is 11.7. The minimum atomic E-state index is -0.0811. The molecule has 114 valence electrons. The quantitative estimate of drug-likeness (QED) is 0.822. The number of benzene rings is 1. The van der Waals surface area contributed by atoms with E-state index >= 15 is 0 Å². The van der Waals surface area contributed by atoms with Gasteiger partial charge in [-0.1, -0.05) is 12.8 Å². The van der Waals surface area contributed by atoms with Crippen LogP contribution in [0.4, 0.5) is 11.4 Å². The van der Waals surface area contributed by atoms with Gasteiger partial charge in [0.1, 0.15) is 0 Å². The molecule has 1 aromatic carbocycles. The van der Waals surface area contributed by atoms with Crippen molar-refractivity contribution in [3.63, 3.8) is 0 Å². The van der Waals surface area contributed by atoms with Crippen LogP contribution in [0, 0.1) is 5.92 Å². The fraction of sp³-hybridized carbons (Fsp3) is 0.588. The summed E-state index contributed by atoms with van der Waals surface area (Å²) in [6.07, 6.45) is 7.95. The fourth-order valence-electron chi connectivity index (χ4n) is 4.03. The van der Waals surface area contributed by atoms with E-state index in [-0.39, 0.29) is 5.91 Å². The van der Waals surface area contributed by atoms with Gasteiger partial charge in [-0.25, -0.2) is 0 Å². The van der Waals surface area contributed by atoms with E-state index in [2.05, 4.69) is 10.2 Å². The molecule has 21 heavy (non-hydrogen) atoms. The standard InChI is InChI=1S/C17H25N3O/c1-19-17(21)13-8-9-16(14(18)11-13)20-10-4-6-12-5-2-3-7-15(12)20/h8-9,11-12,15H,2-7,10,18H2,1H3,(H,19,21)/t12-,15-/m1/s1. The summed E-state index contributed by atoms with van der Waals surface area (Å²) < 4.78 is 0. The first-order valence-corrected chi connectivity index (χ1v) is 8.09. The van der Waals surface area contributed by atoms with Crippen LogP contribution in [-0.2, 0) is 0 Å². The summed E-state index contributed by atoms with van der Waals surface area (Å²) in [6.45, 7) is 1.09. The van der Waals surface area contributed by atoms with Gasteiger partial charge in [-0.15, -0.1) is 0 Å². The van der Waals surface area contributed by atoms with Crippen molar-refractivity contribution in [3.05, 3.63) is 23.8 Å². The van der Waals surface area contributed by atoms with E-state index in [0.717, 1.165) is 23.8 Å². The first kappa shape index (κ1) is 14.2. The molecule has 1 aliphatic carbocycles. The number of carbonyl (C=O) groups is 1. The summed E-state index contributed by atoms with van der Waals surface area (Å²) >= 11 is 0. The Hall–Kier alpha value is -1.71. The predicted molar refractivity (Wildman–Crippen MR) is 86.6 cm³/mol. The smallest absolute Gasteiger partial charge is 0.251 e. The Morgan fingerprint density at radius 3 is 2.76 bits per heavy atom. The van der Waals surface area contributed by atoms with E-state index in [4.69, 9.17) is 5.73 Å². The van der Waals surface area contributed by atoms with E-state index in [1.165, 1.54) is 38.5 Å². The third-order valence-corrected chi connectivity index (χ3v) is 5.07. The average Bonchev–Trinajstić information content (AvgIpc) is 2.53. The first-order chi connectivity index (χ1) is 10.2. The Balaban J connectivity index is 1.86. The molecule has 0 unspecified atom stereocenters. The maximum Gasteiger partial charge on any atom is 0.251 e. The van der Waals surface area contributed by atoms with Crippen LogP contribution in [0.2, 0.25) is 0 Å². The zero-order chi connectivity index (χ0) is 14.8. The first-order valence-electron chi connectivity index (χ1n) is 8.09. The van der Waals surface area contributed by atoms with Crippen LogP contribution in [0.5, 0.6) is 0 Å². The molecule has 0 spiro atoms. The van der Waals surface area contributed by atoms with Crippen molar-refractivity contribution in [1.29, 1.82) is 0 Å². The molecule has 1 aliphatic heterocycles. The van der Waals surface area contributed by atoms with Crippen molar-refractivity contribution in [1.82, 2.24) is 5.32 Å². The predicted octanol–water partition coefficient (Wildman–Crippen LogP) is 2.79. The lowest BCUT2D eigenvalue weighted by Gasteiger charge is -2.45. The topological polar surface area (TPSA) is 58.4 Å². The molecule has 3 N–H and O–H groups in total. The highest BCUT2D eigenvalue weighted by Crippen LogP contribution is 2.39. The van der Waals surface area contributed by atoms with Crippen molar-refractivity contribution in [2.75, 3.05) is 24.2 Å². The Kier molecular flexibility index (Phi) is 4.04. The average molecular weight is 287 g/mol. The van der Waals surface area contributed by atoms with Crippen molar-refractivity contribution in [3.8, 4) is 0 Å². The Labute approximate surface area is 126 Å².